The molecule has 4 rings (SSSR count). The molecule has 2 aliphatic rings. The molecule has 1 amide bonds. The Morgan fingerprint density at radius 3 is 2.83 bits per heavy atom. The fourth-order valence-electron chi connectivity index (χ4n) is 3.61. The zero-order valence-electron chi connectivity index (χ0n) is 13.0. The van der Waals surface area contributed by atoms with Crippen molar-refractivity contribution in [3.63, 3.8) is 0 Å². The maximum atomic E-state index is 12.4. The van der Waals surface area contributed by atoms with Crippen LogP contribution in [0.4, 0.5) is 0 Å². The minimum Gasteiger partial charge on any atom is -0.356 e. The molecule has 3 heterocycles. The van der Waals surface area contributed by atoms with Crippen LogP contribution in [0.3, 0.4) is 0 Å². The number of carbonyl (C=O) groups excluding carboxylic acids is 1. The molecule has 120 valence electrons. The molecule has 2 saturated heterocycles. The van der Waals surface area contributed by atoms with Crippen LogP contribution in [-0.2, 0) is 0 Å². The lowest BCUT2D eigenvalue weighted by atomic mass is 9.96. The van der Waals surface area contributed by atoms with E-state index in [0.29, 0.717) is 6.04 Å². The molecule has 2 N–H and O–H groups in total. The van der Waals surface area contributed by atoms with Crippen LogP contribution < -0.4 is 5.32 Å². The van der Waals surface area contributed by atoms with Gasteiger partial charge in [-0.2, -0.15) is 0 Å². The van der Waals surface area contributed by atoms with Gasteiger partial charge in [-0.15, -0.1) is 0 Å². The molecule has 4 nitrogen and oxygen atoms in total. The van der Waals surface area contributed by atoms with Gasteiger partial charge in [-0.05, 0) is 61.7 Å². The lowest BCUT2D eigenvalue weighted by Gasteiger charge is -2.30. The van der Waals surface area contributed by atoms with Gasteiger partial charge in [0.25, 0.3) is 5.91 Å². The van der Waals surface area contributed by atoms with Crippen molar-refractivity contribution in [2.45, 2.75) is 28.8 Å². The van der Waals surface area contributed by atoms with Crippen molar-refractivity contribution in [2.24, 2.45) is 5.92 Å². The molecule has 0 saturated carbocycles. The van der Waals surface area contributed by atoms with Crippen LogP contribution in [-0.4, -0.2) is 41.5 Å². The van der Waals surface area contributed by atoms with Gasteiger partial charge in [0.05, 0.1) is 5.03 Å². The van der Waals surface area contributed by atoms with Crippen LogP contribution >= 0.6 is 11.8 Å². The van der Waals surface area contributed by atoms with E-state index in [4.69, 9.17) is 0 Å². The highest BCUT2D eigenvalue weighted by Crippen LogP contribution is 2.28. The number of benzene rings is 1. The Morgan fingerprint density at radius 1 is 1.22 bits per heavy atom. The lowest BCUT2D eigenvalue weighted by Crippen LogP contribution is -2.47. The summed E-state index contributed by atoms with van der Waals surface area (Å²) >= 11 is 1.67. The van der Waals surface area contributed by atoms with E-state index in [2.05, 4.69) is 15.2 Å². The third kappa shape index (κ3) is 3.46. The van der Waals surface area contributed by atoms with Gasteiger partial charge in [0.1, 0.15) is 0 Å². The molecule has 1 unspecified atom stereocenters. The number of carbonyl (C=O) groups is 1. The van der Waals surface area contributed by atoms with E-state index in [9.17, 15) is 4.79 Å². The third-order valence-corrected chi connectivity index (χ3v) is 5.70. The summed E-state index contributed by atoms with van der Waals surface area (Å²) in [5.41, 5.74) is 0.744. The molecule has 0 spiro atoms. The van der Waals surface area contributed by atoms with Crippen molar-refractivity contribution >= 4 is 17.7 Å². The average Bonchev–Trinajstić information content (AvgIpc) is 3.18. The topological polar surface area (TPSA) is 48.1 Å². The van der Waals surface area contributed by atoms with Crippen molar-refractivity contribution in [2.75, 3.05) is 19.6 Å². The summed E-state index contributed by atoms with van der Waals surface area (Å²) in [6, 6.07) is 12.2. The smallest absolute Gasteiger partial charge is 0.251 e. The molecule has 23 heavy (non-hydrogen) atoms. The Kier molecular flexibility index (Phi) is 4.14. The molecular weight excluding hydrogens is 306 g/mol. The number of piperidine rings is 1. The van der Waals surface area contributed by atoms with Gasteiger partial charge >= 0.3 is 0 Å². The Bertz CT molecular complexity index is 656. The molecule has 2 bridgehead atoms. The lowest BCUT2D eigenvalue weighted by molar-refractivity contribution is 0.0909. The van der Waals surface area contributed by atoms with E-state index in [0.717, 1.165) is 34.4 Å². The molecular formula is C18H21N3OS. The number of aromatic nitrogens is 1. The first-order chi connectivity index (χ1) is 11.3. The standard InChI is InChI=1S/C18H21N3OS/c22-18(20-15-10-13-7-9-21(11-13)12-15)14-3-5-16(6-4-14)23-17-2-1-8-19-17/h1-6,8,13,15,19H,7,9-12H2,(H,20,22)/t13-,15+/m0/s1. The minimum absolute atomic E-state index is 0.0499. The number of H-pyrrole nitrogens is 1. The molecule has 1 aromatic heterocycles. The summed E-state index contributed by atoms with van der Waals surface area (Å²) in [4.78, 5) is 19.2. The van der Waals surface area contributed by atoms with Gasteiger partial charge in [-0.25, -0.2) is 0 Å². The first-order valence-electron chi connectivity index (χ1n) is 8.21. The molecule has 2 fully saturated rings. The minimum atomic E-state index is 0.0499. The van der Waals surface area contributed by atoms with Crippen molar-refractivity contribution < 1.29 is 4.79 Å². The Morgan fingerprint density at radius 2 is 2.09 bits per heavy atom. The number of hydrogen-bond acceptors (Lipinski definition) is 3. The number of hydrogen-bond donors (Lipinski definition) is 2. The predicted octanol–water partition coefficient (Wildman–Crippen LogP) is 2.99. The number of nitrogens with zero attached hydrogens (tertiary/aromatic N) is 1. The third-order valence-electron chi connectivity index (χ3n) is 4.72. The monoisotopic (exact) mass is 327 g/mol. The molecule has 3 atom stereocenters. The van der Waals surface area contributed by atoms with Crippen LogP contribution in [0.5, 0.6) is 0 Å². The highest BCUT2D eigenvalue weighted by molar-refractivity contribution is 7.99. The summed E-state index contributed by atoms with van der Waals surface area (Å²) in [5, 5.41) is 4.31. The van der Waals surface area contributed by atoms with E-state index in [-0.39, 0.29) is 5.91 Å². The van der Waals surface area contributed by atoms with Crippen LogP contribution in [0.25, 0.3) is 0 Å². The van der Waals surface area contributed by atoms with Crippen LogP contribution in [0, 0.1) is 5.92 Å². The largest absolute Gasteiger partial charge is 0.356 e. The molecule has 0 radical (unpaired) electrons. The van der Waals surface area contributed by atoms with Gasteiger partial charge in [0.15, 0.2) is 0 Å². The Labute approximate surface area is 140 Å². The maximum Gasteiger partial charge on any atom is 0.251 e. The van der Waals surface area contributed by atoms with E-state index in [1.54, 1.807) is 11.8 Å². The second-order valence-electron chi connectivity index (χ2n) is 6.48. The van der Waals surface area contributed by atoms with E-state index in [1.165, 1.54) is 19.5 Å². The fraction of sp³-hybridized carbons (Fsp3) is 0.389. The number of nitrogens with one attached hydrogen (secondary N) is 2. The number of fused-ring (bicyclic) bond motifs is 2. The number of rotatable bonds is 4. The van der Waals surface area contributed by atoms with E-state index >= 15 is 0 Å². The summed E-state index contributed by atoms with van der Waals surface area (Å²) in [6.45, 7) is 3.42. The van der Waals surface area contributed by atoms with E-state index in [1.807, 2.05) is 42.6 Å². The Balaban J connectivity index is 1.36. The fourth-order valence-corrected chi connectivity index (χ4v) is 4.41. The SMILES string of the molecule is O=C(N[C@@H]1C[C@@H]2CCN(C2)C1)c1ccc(Sc2ccc[nH]2)cc1. The van der Waals surface area contributed by atoms with Crippen molar-refractivity contribution in [1.29, 1.82) is 0 Å². The van der Waals surface area contributed by atoms with Crippen LogP contribution in [0.2, 0.25) is 0 Å². The second kappa shape index (κ2) is 6.42. The quantitative estimate of drug-likeness (QED) is 0.907. The van der Waals surface area contributed by atoms with Crippen LogP contribution in [0.1, 0.15) is 23.2 Å². The number of aromatic amines is 1. The highest BCUT2D eigenvalue weighted by Gasteiger charge is 2.32. The summed E-state index contributed by atoms with van der Waals surface area (Å²) in [6.07, 6.45) is 4.33. The zero-order valence-corrected chi connectivity index (χ0v) is 13.8. The van der Waals surface area contributed by atoms with Gasteiger partial charge in [0.2, 0.25) is 0 Å². The van der Waals surface area contributed by atoms with Gasteiger partial charge < -0.3 is 15.2 Å². The molecule has 2 aliphatic heterocycles. The summed E-state index contributed by atoms with van der Waals surface area (Å²) in [7, 11) is 0. The van der Waals surface area contributed by atoms with Gasteiger partial charge in [-0.1, -0.05) is 11.8 Å². The normalized spacial score (nSPS) is 26.2. The Hall–Kier alpha value is -1.72. The predicted molar refractivity (Wildman–Crippen MR) is 91.8 cm³/mol. The summed E-state index contributed by atoms with van der Waals surface area (Å²) in [5.74, 6) is 0.822. The molecule has 1 aromatic carbocycles. The van der Waals surface area contributed by atoms with Gasteiger partial charge in [-0.3, -0.25) is 4.79 Å². The molecule has 2 aromatic rings. The number of amides is 1. The molecule has 5 heteroatoms. The zero-order chi connectivity index (χ0) is 15.6. The summed E-state index contributed by atoms with van der Waals surface area (Å²) < 4.78 is 0. The first-order valence-corrected chi connectivity index (χ1v) is 9.02. The first kappa shape index (κ1) is 14.8. The van der Waals surface area contributed by atoms with Gasteiger partial charge in [0, 0.05) is 35.8 Å². The molecule has 0 aliphatic carbocycles. The average molecular weight is 327 g/mol. The van der Waals surface area contributed by atoms with Crippen molar-refractivity contribution in [3.8, 4) is 0 Å². The highest BCUT2D eigenvalue weighted by atomic mass is 32.2. The van der Waals surface area contributed by atoms with E-state index < -0.39 is 0 Å². The van der Waals surface area contributed by atoms with Crippen LogP contribution in [0.15, 0.2) is 52.5 Å². The second-order valence-corrected chi connectivity index (χ2v) is 7.60. The van der Waals surface area contributed by atoms with Crippen molar-refractivity contribution in [1.82, 2.24) is 15.2 Å². The van der Waals surface area contributed by atoms with Crippen molar-refractivity contribution in [3.05, 3.63) is 48.2 Å². The maximum absolute atomic E-state index is 12.4.